The van der Waals surface area contributed by atoms with Crippen LogP contribution in [0.2, 0.25) is 0 Å². The maximum absolute atomic E-state index is 9.33. The fourth-order valence-corrected chi connectivity index (χ4v) is 3.53. The van der Waals surface area contributed by atoms with Gasteiger partial charge in [-0.25, -0.2) is 0 Å². The summed E-state index contributed by atoms with van der Waals surface area (Å²) in [7, 11) is 0. The first-order chi connectivity index (χ1) is 12.8. The second kappa shape index (κ2) is 7.58. The van der Waals surface area contributed by atoms with Crippen molar-refractivity contribution in [2.75, 3.05) is 26.2 Å². The number of fused-ring (bicyclic) bond motifs is 1. The van der Waals surface area contributed by atoms with Gasteiger partial charge in [-0.05, 0) is 40.6 Å². The van der Waals surface area contributed by atoms with Gasteiger partial charge < -0.3 is 10.0 Å². The number of phenols is 1. The summed E-state index contributed by atoms with van der Waals surface area (Å²) in [6, 6.07) is 22.4. The minimum absolute atomic E-state index is 0.285. The van der Waals surface area contributed by atoms with E-state index in [4.69, 9.17) is 0 Å². The molecular formula is C22H24N3O+. The highest BCUT2D eigenvalue weighted by atomic mass is 16.3. The van der Waals surface area contributed by atoms with Crippen molar-refractivity contribution in [2.45, 2.75) is 6.54 Å². The van der Waals surface area contributed by atoms with Crippen molar-refractivity contribution >= 4 is 17.0 Å². The smallest absolute Gasteiger partial charge is 0.115 e. The Morgan fingerprint density at radius 1 is 0.923 bits per heavy atom. The van der Waals surface area contributed by atoms with E-state index in [-0.39, 0.29) is 5.75 Å². The van der Waals surface area contributed by atoms with Gasteiger partial charge in [-0.3, -0.25) is 5.01 Å². The number of hydrazone groups is 1. The molecule has 0 aromatic heterocycles. The van der Waals surface area contributed by atoms with E-state index in [0.29, 0.717) is 0 Å². The summed E-state index contributed by atoms with van der Waals surface area (Å²) in [5.74, 6) is 0.285. The van der Waals surface area contributed by atoms with Gasteiger partial charge in [-0.2, -0.15) is 5.10 Å². The van der Waals surface area contributed by atoms with Crippen molar-refractivity contribution in [1.29, 1.82) is 0 Å². The lowest BCUT2D eigenvalue weighted by molar-refractivity contribution is -0.918. The molecule has 0 bridgehead atoms. The quantitative estimate of drug-likeness (QED) is 0.712. The number of quaternary nitrogens is 1. The Kier molecular flexibility index (Phi) is 4.84. The molecule has 0 atom stereocenters. The van der Waals surface area contributed by atoms with E-state index in [2.05, 4.69) is 52.6 Å². The third-order valence-electron chi connectivity index (χ3n) is 5.03. The van der Waals surface area contributed by atoms with Crippen LogP contribution < -0.4 is 4.90 Å². The van der Waals surface area contributed by atoms with Gasteiger partial charge in [0.2, 0.25) is 0 Å². The molecule has 1 saturated heterocycles. The van der Waals surface area contributed by atoms with Crippen molar-refractivity contribution in [2.24, 2.45) is 5.10 Å². The highest BCUT2D eigenvalue weighted by Gasteiger charge is 2.19. The molecule has 3 aromatic carbocycles. The molecule has 1 aliphatic heterocycles. The van der Waals surface area contributed by atoms with Gasteiger partial charge in [-0.15, -0.1) is 0 Å². The van der Waals surface area contributed by atoms with E-state index in [1.54, 1.807) is 17.0 Å². The summed E-state index contributed by atoms with van der Waals surface area (Å²) in [5.41, 5.74) is 2.44. The SMILES string of the molecule is Oc1ccc(/C=N/N2CC[NH+](Cc3cccc4ccccc34)CC2)cc1. The monoisotopic (exact) mass is 346 g/mol. The number of benzene rings is 3. The fraction of sp³-hybridized carbons (Fsp3) is 0.227. The molecule has 2 N–H and O–H groups in total. The van der Waals surface area contributed by atoms with Crippen LogP contribution in [0.4, 0.5) is 0 Å². The van der Waals surface area contributed by atoms with E-state index in [9.17, 15) is 5.11 Å². The summed E-state index contributed by atoms with van der Waals surface area (Å²) >= 11 is 0. The number of nitrogens with one attached hydrogen (secondary N) is 1. The summed E-state index contributed by atoms with van der Waals surface area (Å²) in [4.78, 5) is 1.61. The molecule has 132 valence electrons. The molecule has 3 aromatic rings. The summed E-state index contributed by atoms with van der Waals surface area (Å²) in [6.07, 6.45) is 1.87. The van der Waals surface area contributed by atoms with Crippen LogP contribution in [0.1, 0.15) is 11.1 Å². The predicted molar refractivity (Wildman–Crippen MR) is 106 cm³/mol. The second-order valence-corrected chi connectivity index (χ2v) is 6.85. The summed E-state index contributed by atoms with van der Waals surface area (Å²) < 4.78 is 0. The molecule has 0 radical (unpaired) electrons. The van der Waals surface area contributed by atoms with Gasteiger partial charge in [0, 0.05) is 5.56 Å². The third kappa shape index (κ3) is 3.86. The molecule has 4 heteroatoms. The number of piperazine rings is 1. The molecule has 0 amide bonds. The number of hydrogen-bond donors (Lipinski definition) is 2. The zero-order chi connectivity index (χ0) is 17.8. The van der Waals surface area contributed by atoms with Crippen molar-refractivity contribution in [3.05, 3.63) is 77.9 Å². The molecule has 4 nitrogen and oxygen atoms in total. The minimum atomic E-state index is 0.285. The number of hydrogen-bond acceptors (Lipinski definition) is 3. The topological polar surface area (TPSA) is 40.3 Å². The molecule has 0 aliphatic carbocycles. The molecule has 1 aliphatic rings. The second-order valence-electron chi connectivity index (χ2n) is 6.85. The van der Waals surface area contributed by atoms with Crippen LogP contribution in [-0.2, 0) is 6.54 Å². The lowest BCUT2D eigenvalue weighted by Gasteiger charge is -2.30. The van der Waals surface area contributed by atoms with Crippen molar-refractivity contribution < 1.29 is 10.0 Å². The van der Waals surface area contributed by atoms with Crippen molar-refractivity contribution in [3.63, 3.8) is 0 Å². The van der Waals surface area contributed by atoms with Crippen LogP contribution >= 0.6 is 0 Å². The Morgan fingerprint density at radius 2 is 1.65 bits per heavy atom. The average Bonchev–Trinajstić information content (AvgIpc) is 2.69. The van der Waals surface area contributed by atoms with Gasteiger partial charge in [0.25, 0.3) is 0 Å². The average molecular weight is 346 g/mol. The van der Waals surface area contributed by atoms with Crippen molar-refractivity contribution in [1.82, 2.24) is 5.01 Å². The number of phenolic OH excluding ortho intramolecular Hbond substituents is 1. The third-order valence-corrected chi connectivity index (χ3v) is 5.03. The molecule has 4 rings (SSSR count). The number of nitrogens with zero attached hydrogens (tertiary/aromatic N) is 2. The molecule has 26 heavy (non-hydrogen) atoms. The lowest BCUT2D eigenvalue weighted by Crippen LogP contribution is -3.13. The van der Waals surface area contributed by atoms with Gasteiger partial charge in [0.15, 0.2) is 0 Å². The summed E-state index contributed by atoms with van der Waals surface area (Å²) in [6.45, 7) is 5.19. The zero-order valence-electron chi connectivity index (χ0n) is 14.8. The largest absolute Gasteiger partial charge is 0.508 e. The summed E-state index contributed by atoms with van der Waals surface area (Å²) in [5, 5.41) is 18.7. The van der Waals surface area contributed by atoms with Gasteiger partial charge in [-0.1, -0.05) is 42.5 Å². The predicted octanol–water partition coefficient (Wildman–Crippen LogP) is 2.28. The van der Waals surface area contributed by atoms with Gasteiger partial charge in [0.1, 0.15) is 12.3 Å². The van der Waals surface area contributed by atoms with Gasteiger partial charge >= 0.3 is 0 Å². The van der Waals surface area contributed by atoms with E-state index in [1.165, 1.54) is 16.3 Å². The Morgan fingerprint density at radius 3 is 2.46 bits per heavy atom. The van der Waals surface area contributed by atoms with E-state index >= 15 is 0 Å². The fourth-order valence-electron chi connectivity index (χ4n) is 3.53. The van der Waals surface area contributed by atoms with Crippen LogP contribution in [0.15, 0.2) is 71.8 Å². The molecule has 1 fully saturated rings. The Labute approximate surface area is 154 Å². The maximum atomic E-state index is 9.33. The maximum Gasteiger partial charge on any atom is 0.115 e. The highest BCUT2D eigenvalue weighted by molar-refractivity contribution is 5.85. The number of rotatable bonds is 4. The molecule has 0 spiro atoms. The molecule has 0 saturated carbocycles. The Hall–Kier alpha value is -2.85. The van der Waals surface area contributed by atoms with Crippen LogP contribution in [-0.4, -0.2) is 42.5 Å². The first-order valence-electron chi connectivity index (χ1n) is 9.16. The van der Waals surface area contributed by atoms with Crippen molar-refractivity contribution in [3.8, 4) is 5.75 Å². The number of aromatic hydroxyl groups is 1. The minimum Gasteiger partial charge on any atom is -0.508 e. The lowest BCUT2D eigenvalue weighted by atomic mass is 10.0. The van der Waals surface area contributed by atoms with Crippen LogP contribution in [0.5, 0.6) is 5.75 Å². The standard InChI is InChI=1S/C22H23N3O/c26-21-10-8-18(9-11-21)16-23-25-14-12-24(13-15-25)17-20-6-3-5-19-4-1-2-7-22(19)20/h1-11,16,26H,12-15,17H2/p+1/b23-16+. The zero-order valence-corrected chi connectivity index (χ0v) is 14.8. The highest BCUT2D eigenvalue weighted by Crippen LogP contribution is 2.17. The van der Waals surface area contributed by atoms with E-state index in [0.717, 1.165) is 38.3 Å². The molecule has 1 heterocycles. The van der Waals surface area contributed by atoms with Crippen LogP contribution in [0.25, 0.3) is 10.8 Å². The van der Waals surface area contributed by atoms with E-state index in [1.807, 2.05) is 18.3 Å². The van der Waals surface area contributed by atoms with Crippen LogP contribution in [0, 0.1) is 0 Å². The first-order valence-corrected chi connectivity index (χ1v) is 9.16. The first kappa shape index (κ1) is 16.6. The van der Waals surface area contributed by atoms with Gasteiger partial charge in [0.05, 0.1) is 32.4 Å². The van der Waals surface area contributed by atoms with E-state index < -0.39 is 0 Å². The normalized spacial score (nSPS) is 15.8. The Balaban J connectivity index is 1.35. The molecule has 0 unspecified atom stereocenters. The van der Waals surface area contributed by atoms with Crippen LogP contribution in [0.3, 0.4) is 0 Å². The Bertz CT molecular complexity index is 891. The molecular weight excluding hydrogens is 322 g/mol.